The van der Waals surface area contributed by atoms with E-state index in [-0.39, 0.29) is 0 Å². The summed E-state index contributed by atoms with van der Waals surface area (Å²) in [5, 5.41) is 9.72. The summed E-state index contributed by atoms with van der Waals surface area (Å²) in [6, 6.07) is 1.17. The molecule has 0 bridgehead atoms. The highest BCUT2D eigenvalue weighted by Crippen LogP contribution is 2.30. The van der Waals surface area contributed by atoms with Crippen LogP contribution in [0.3, 0.4) is 0 Å². The zero-order valence-electron chi connectivity index (χ0n) is 15.0. The van der Waals surface area contributed by atoms with Gasteiger partial charge in [-0.1, -0.05) is 11.6 Å². The number of rotatable bonds is 5. The Morgan fingerprint density at radius 3 is 2.57 bits per heavy atom. The third kappa shape index (κ3) is 4.50. The van der Waals surface area contributed by atoms with E-state index in [4.69, 9.17) is 16.7 Å². The van der Waals surface area contributed by atoms with E-state index in [1.54, 1.807) is 10.6 Å². The van der Waals surface area contributed by atoms with E-state index >= 15 is 0 Å². The van der Waals surface area contributed by atoms with Crippen molar-refractivity contribution in [1.82, 2.24) is 18.9 Å². The first kappa shape index (κ1) is 21.1. The summed E-state index contributed by atoms with van der Waals surface area (Å²) in [4.78, 5) is 6.27. The van der Waals surface area contributed by atoms with E-state index in [0.717, 1.165) is 15.4 Å². The molecule has 0 atom stereocenters. The Hall–Kier alpha value is -1.63. The van der Waals surface area contributed by atoms with Crippen LogP contribution in [-0.2, 0) is 10.2 Å². The summed E-state index contributed by atoms with van der Waals surface area (Å²) in [6.07, 6.45) is -3.66. The van der Waals surface area contributed by atoms with Gasteiger partial charge in [-0.15, -0.1) is 0 Å². The molecule has 0 aromatic carbocycles. The Balaban J connectivity index is 1.76. The van der Waals surface area contributed by atoms with Gasteiger partial charge in [0.15, 0.2) is 5.82 Å². The Labute approximate surface area is 165 Å². The van der Waals surface area contributed by atoms with Gasteiger partial charge >= 0.3 is 6.18 Å². The van der Waals surface area contributed by atoms with Crippen LogP contribution in [0.15, 0.2) is 12.4 Å². The van der Waals surface area contributed by atoms with Crippen molar-refractivity contribution < 1.29 is 21.6 Å². The number of halogens is 4. The van der Waals surface area contributed by atoms with Crippen molar-refractivity contribution in [2.75, 3.05) is 24.5 Å². The zero-order chi connectivity index (χ0) is 20.7. The number of hydrogen-bond donors (Lipinski definition) is 1. The molecule has 1 fully saturated rings. The van der Waals surface area contributed by atoms with E-state index in [9.17, 15) is 21.6 Å². The van der Waals surface area contributed by atoms with Crippen LogP contribution in [0.1, 0.15) is 24.8 Å². The zero-order valence-corrected chi connectivity index (χ0v) is 16.6. The maximum Gasteiger partial charge on any atom is 0.390 e. The second-order valence-corrected chi connectivity index (χ2v) is 8.62. The Morgan fingerprint density at radius 2 is 2.00 bits per heavy atom. The van der Waals surface area contributed by atoms with Gasteiger partial charge < -0.3 is 4.90 Å². The molecule has 3 rings (SSSR count). The molecule has 28 heavy (non-hydrogen) atoms. The minimum absolute atomic E-state index is 0.331. The lowest BCUT2D eigenvalue weighted by Crippen LogP contribution is -2.50. The first-order valence-corrected chi connectivity index (χ1v) is 10.5. The monoisotopic (exact) mass is 440 g/mol. The molecule has 2 N–H and O–H groups in total. The van der Waals surface area contributed by atoms with Gasteiger partial charge in [0.05, 0.1) is 6.42 Å². The summed E-state index contributed by atoms with van der Waals surface area (Å²) in [7, 11) is -4.24. The fourth-order valence-corrected chi connectivity index (χ4v) is 4.77. The van der Waals surface area contributed by atoms with Gasteiger partial charge in [0.2, 0.25) is 0 Å². The predicted octanol–water partition coefficient (Wildman–Crippen LogP) is 2.12. The Morgan fingerprint density at radius 1 is 1.36 bits per heavy atom. The standard InChI is InChI=1S/C15H20ClF3N6O2S/c1-10-8-12(16)25-13(10)14(21-9-22-25)23-5-2-11(3-6-23)24(28(20,26)27)7-4-15(17,18)19/h8-9,11H,2-7H2,1H3,(H2,20,26,27). The lowest BCUT2D eigenvalue weighted by molar-refractivity contribution is -0.136. The molecule has 1 aliphatic rings. The minimum Gasteiger partial charge on any atom is -0.355 e. The molecule has 3 heterocycles. The lowest BCUT2D eigenvalue weighted by Gasteiger charge is -2.37. The van der Waals surface area contributed by atoms with E-state index in [1.807, 2.05) is 11.8 Å². The average Bonchev–Trinajstić information content (AvgIpc) is 2.88. The van der Waals surface area contributed by atoms with Crippen LogP contribution in [0, 0.1) is 6.92 Å². The number of anilines is 1. The summed E-state index contributed by atoms with van der Waals surface area (Å²) < 4.78 is 63.6. The van der Waals surface area contributed by atoms with Crippen LogP contribution < -0.4 is 10.0 Å². The van der Waals surface area contributed by atoms with Gasteiger partial charge in [-0.3, -0.25) is 0 Å². The SMILES string of the molecule is Cc1cc(Cl)n2ncnc(N3CCC(N(CCC(F)(F)F)S(N)(=O)=O)CC3)c12. The maximum atomic E-state index is 12.5. The molecular formula is C15H20ClF3N6O2S. The van der Waals surface area contributed by atoms with Gasteiger partial charge in [-0.25, -0.2) is 14.6 Å². The number of nitrogens with two attached hydrogens (primary N) is 1. The van der Waals surface area contributed by atoms with Crippen molar-refractivity contribution in [3.05, 3.63) is 23.1 Å². The molecule has 0 aliphatic carbocycles. The number of piperidine rings is 1. The highest BCUT2D eigenvalue weighted by atomic mass is 35.5. The summed E-state index contributed by atoms with van der Waals surface area (Å²) in [5.41, 5.74) is 1.63. The number of aryl methyl sites for hydroxylation is 1. The van der Waals surface area contributed by atoms with Gasteiger partial charge in [-0.05, 0) is 31.4 Å². The van der Waals surface area contributed by atoms with E-state index in [2.05, 4.69) is 10.1 Å². The average molecular weight is 441 g/mol. The molecule has 1 aliphatic heterocycles. The molecule has 0 saturated carbocycles. The number of aromatic nitrogens is 3. The lowest BCUT2D eigenvalue weighted by atomic mass is 10.0. The van der Waals surface area contributed by atoms with Gasteiger partial charge in [-0.2, -0.15) is 31.0 Å². The van der Waals surface area contributed by atoms with Crippen molar-refractivity contribution in [3.8, 4) is 0 Å². The fourth-order valence-electron chi connectivity index (χ4n) is 3.51. The third-order valence-electron chi connectivity index (χ3n) is 4.80. The van der Waals surface area contributed by atoms with Gasteiger partial charge in [0, 0.05) is 25.7 Å². The summed E-state index contributed by atoms with van der Waals surface area (Å²) in [5.74, 6) is 0.648. The number of alkyl halides is 3. The van der Waals surface area contributed by atoms with Crippen molar-refractivity contribution in [2.24, 2.45) is 5.14 Å². The van der Waals surface area contributed by atoms with Crippen molar-refractivity contribution in [2.45, 2.75) is 38.4 Å². The quantitative estimate of drug-likeness (QED) is 0.768. The van der Waals surface area contributed by atoms with Gasteiger partial charge in [0.1, 0.15) is 17.0 Å². The number of hydrogen-bond acceptors (Lipinski definition) is 5. The van der Waals surface area contributed by atoms with Gasteiger partial charge in [0.25, 0.3) is 10.2 Å². The maximum absolute atomic E-state index is 12.5. The van der Waals surface area contributed by atoms with Crippen molar-refractivity contribution in [1.29, 1.82) is 0 Å². The molecule has 0 spiro atoms. The first-order valence-electron chi connectivity index (χ1n) is 8.57. The highest BCUT2D eigenvalue weighted by Gasteiger charge is 2.35. The van der Waals surface area contributed by atoms with E-state index < -0.39 is 35.4 Å². The molecule has 0 unspecified atom stereocenters. The summed E-state index contributed by atoms with van der Waals surface area (Å²) in [6.45, 7) is 2.02. The van der Waals surface area contributed by atoms with E-state index in [0.29, 0.717) is 36.9 Å². The summed E-state index contributed by atoms with van der Waals surface area (Å²) >= 11 is 6.15. The highest BCUT2D eigenvalue weighted by molar-refractivity contribution is 7.86. The normalized spacial score (nSPS) is 17.0. The Kier molecular flexibility index (Phi) is 5.76. The van der Waals surface area contributed by atoms with Crippen molar-refractivity contribution >= 4 is 33.1 Å². The molecule has 8 nitrogen and oxygen atoms in total. The first-order chi connectivity index (χ1) is 13.0. The fraction of sp³-hybridized carbons (Fsp3) is 0.600. The van der Waals surface area contributed by atoms with Crippen LogP contribution in [0.5, 0.6) is 0 Å². The van der Waals surface area contributed by atoms with Crippen LogP contribution in [-0.4, -0.2) is 59.2 Å². The molecule has 2 aromatic rings. The van der Waals surface area contributed by atoms with E-state index in [1.165, 1.54) is 6.33 Å². The molecule has 2 aromatic heterocycles. The topological polar surface area (TPSA) is 96.8 Å². The Bertz CT molecular complexity index is 957. The van der Waals surface area contributed by atoms with Crippen molar-refractivity contribution in [3.63, 3.8) is 0 Å². The van der Waals surface area contributed by atoms with Crippen LogP contribution in [0.4, 0.5) is 19.0 Å². The molecule has 156 valence electrons. The molecular weight excluding hydrogens is 421 g/mol. The minimum atomic E-state index is -4.46. The number of nitrogens with zero attached hydrogens (tertiary/aromatic N) is 5. The largest absolute Gasteiger partial charge is 0.390 e. The predicted molar refractivity (Wildman–Crippen MR) is 98.5 cm³/mol. The second-order valence-electron chi connectivity index (χ2n) is 6.73. The number of fused-ring (bicyclic) bond motifs is 1. The third-order valence-corrected chi connectivity index (χ3v) is 6.20. The van der Waals surface area contributed by atoms with Crippen LogP contribution >= 0.6 is 11.6 Å². The molecule has 13 heteroatoms. The molecule has 0 amide bonds. The van der Waals surface area contributed by atoms with Crippen LogP contribution in [0.2, 0.25) is 5.15 Å². The molecule has 1 saturated heterocycles. The van der Waals surface area contributed by atoms with Crippen LogP contribution in [0.25, 0.3) is 5.52 Å². The second kappa shape index (κ2) is 7.65. The molecule has 0 radical (unpaired) electrons. The smallest absolute Gasteiger partial charge is 0.355 e.